The third-order valence-electron chi connectivity index (χ3n) is 31.0. The van der Waals surface area contributed by atoms with Crippen LogP contribution in [0.2, 0.25) is 0 Å². The van der Waals surface area contributed by atoms with Crippen molar-refractivity contribution in [3.63, 3.8) is 0 Å². The van der Waals surface area contributed by atoms with Crippen LogP contribution in [0.1, 0.15) is 711 Å². The molecular formula is C116H232O2. The molecule has 0 amide bonds. The van der Waals surface area contributed by atoms with Gasteiger partial charge in [0.2, 0.25) is 0 Å². The van der Waals surface area contributed by atoms with Crippen molar-refractivity contribution >= 4 is 5.97 Å². The summed E-state index contributed by atoms with van der Waals surface area (Å²) in [5, 5.41) is 14.2. The molecule has 0 aliphatic rings. The fraction of sp³-hybridized carbons (Fsp3) is 0.991. The van der Waals surface area contributed by atoms with Crippen LogP contribution >= 0.6 is 0 Å². The Morgan fingerprint density at radius 3 is 0.449 bits per heavy atom. The van der Waals surface area contributed by atoms with E-state index >= 15 is 4.79 Å². The van der Waals surface area contributed by atoms with Crippen LogP contribution in [-0.2, 0) is 4.79 Å². The molecule has 0 fully saturated rings. The Labute approximate surface area is 750 Å². The number of carboxylic acid groups (broad SMARTS) is 1. The number of hydrogen-bond donors (Lipinski definition) is 1. The van der Waals surface area contributed by atoms with Crippen molar-refractivity contribution in [3.05, 3.63) is 0 Å². The van der Waals surface area contributed by atoms with Gasteiger partial charge in [-0.2, -0.15) is 0 Å². The van der Waals surface area contributed by atoms with Crippen LogP contribution in [0.4, 0.5) is 0 Å². The Morgan fingerprint density at radius 1 is 0.161 bits per heavy atom. The van der Waals surface area contributed by atoms with Crippen molar-refractivity contribution in [2.75, 3.05) is 0 Å². The van der Waals surface area contributed by atoms with Gasteiger partial charge in [0.15, 0.2) is 0 Å². The lowest BCUT2D eigenvalue weighted by molar-refractivity contribution is -0.226. The first kappa shape index (κ1) is 117. The molecule has 0 radical (unpaired) electrons. The molecule has 0 bridgehead atoms. The summed E-state index contributed by atoms with van der Waals surface area (Å²) < 4.78 is 0. The standard InChI is InChI=1S/C116H232O2/c1-11-21-31-41-51-61-63-65-66-67-69-72-82-92-102-111(101-91-81-71-53-43-33-23-13-3)113(103-93-83-73-54-44-34-24-14-4,104-94-84-74-55-45-35-25-15-5)115(107-97-87-77-57-47-37-27-17-7,108-98-88-78-58-48-38-28-18-8)116(109-99-89-79-59-49-39-29-19-9,110-100-90-80-60-50-40-30-20-10)114(112(117)118,105-95-85-75-56-46-36-26-16-6)106-96-86-76-70-68-64-62-52-42-32-22-12-2/h111H,11-110H2,1-10H3,(H,117,118). The molecule has 0 aromatic carbocycles. The molecule has 708 valence electrons. The van der Waals surface area contributed by atoms with Gasteiger partial charge in [-0.1, -0.05) is 647 Å². The van der Waals surface area contributed by atoms with Crippen molar-refractivity contribution in [1.29, 1.82) is 0 Å². The summed E-state index contributed by atoms with van der Waals surface area (Å²) in [7, 11) is 0. The highest BCUT2D eigenvalue weighted by Crippen LogP contribution is 2.75. The molecule has 0 aliphatic carbocycles. The van der Waals surface area contributed by atoms with E-state index in [-0.39, 0.29) is 22.2 Å². The quantitative estimate of drug-likeness (QED) is 0.0616. The Morgan fingerprint density at radius 2 is 0.288 bits per heavy atom. The molecule has 0 saturated carbocycles. The number of carboxylic acids is 1. The second kappa shape index (κ2) is 92.6. The second-order valence-electron chi connectivity index (χ2n) is 41.3. The zero-order valence-electron chi connectivity index (χ0n) is 84.6. The molecule has 2 atom stereocenters. The Balaban J connectivity index is 10.3. The van der Waals surface area contributed by atoms with Crippen LogP contribution in [0, 0.1) is 27.6 Å². The summed E-state index contributed by atoms with van der Waals surface area (Å²) >= 11 is 0. The summed E-state index contributed by atoms with van der Waals surface area (Å²) in [6.07, 6.45) is 136. The first-order valence-electron chi connectivity index (χ1n) is 57.4. The molecule has 0 rings (SSSR count). The van der Waals surface area contributed by atoms with Crippen LogP contribution in [-0.4, -0.2) is 11.1 Å². The third-order valence-corrected chi connectivity index (χ3v) is 31.0. The Bertz CT molecular complexity index is 1820. The van der Waals surface area contributed by atoms with Crippen molar-refractivity contribution in [1.82, 2.24) is 0 Å². The normalized spacial score (nSPS) is 13.1. The van der Waals surface area contributed by atoms with Crippen LogP contribution < -0.4 is 0 Å². The van der Waals surface area contributed by atoms with Crippen LogP contribution in [0.25, 0.3) is 0 Å². The molecule has 2 heteroatoms. The maximum Gasteiger partial charge on any atom is 0.310 e. The van der Waals surface area contributed by atoms with Crippen molar-refractivity contribution < 1.29 is 9.90 Å². The predicted octanol–water partition coefficient (Wildman–Crippen LogP) is 43.8. The number of aliphatic carboxylic acids is 1. The fourth-order valence-electron chi connectivity index (χ4n) is 23.6. The molecule has 2 nitrogen and oxygen atoms in total. The molecule has 2 unspecified atom stereocenters. The van der Waals surface area contributed by atoms with Crippen LogP contribution in [0.5, 0.6) is 0 Å². The minimum atomic E-state index is -0.738. The zero-order chi connectivity index (χ0) is 85.9. The van der Waals surface area contributed by atoms with Gasteiger partial charge in [0.1, 0.15) is 0 Å². The van der Waals surface area contributed by atoms with Gasteiger partial charge in [-0.15, -0.1) is 0 Å². The minimum Gasteiger partial charge on any atom is -0.481 e. The van der Waals surface area contributed by atoms with E-state index in [0.29, 0.717) is 5.92 Å². The zero-order valence-corrected chi connectivity index (χ0v) is 84.6. The van der Waals surface area contributed by atoms with Gasteiger partial charge in [0.25, 0.3) is 0 Å². The third kappa shape index (κ3) is 61.8. The first-order valence-corrected chi connectivity index (χ1v) is 57.4. The SMILES string of the molecule is CCCCCCCCCCCCCCCCC(CCCCCCCCCC)C(CCCCCCCCCC)(CCCCCCCCCC)C(CCCCCCCCCC)(CCCCCCCCCC)C(CCCCCCCCCC)(CCCCCCCCCC)C(CCCCCCCCCC)(CCCCCCCCCCCCCC)C(=O)O. The van der Waals surface area contributed by atoms with Crippen molar-refractivity contribution in [2.24, 2.45) is 27.6 Å². The molecule has 0 aromatic rings. The molecular weight excluding hydrogens is 1430 g/mol. The Hall–Kier alpha value is -0.530. The molecule has 0 aliphatic heterocycles. The maximum atomic E-state index is 17.2. The Kier molecular flexibility index (Phi) is 92.2. The summed E-state index contributed by atoms with van der Waals surface area (Å²) in [6, 6.07) is 0. The average molecular weight is 1660 g/mol. The molecule has 0 aromatic heterocycles. The molecule has 118 heavy (non-hydrogen) atoms. The van der Waals surface area contributed by atoms with E-state index in [9.17, 15) is 5.11 Å². The summed E-state index contributed by atoms with van der Waals surface area (Å²) in [4.78, 5) is 17.2. The van der Waals surface area contributed by atoms with Gasteiger partial charge in [0.05, 0.1) is 5.41 Å². The smallest absolute Gasteiger partial charge is 0.310 e. The molecule has 0 heterocycles. The van der Waals surface area contributed by atoms with Crippen molar-refractivity contribution in [3.8, 4) is 0 Å². The highest BCUT2D eigenvalue weighted by molar-refractivity contribution is 5.76. The van der Waals surface area contributed by atoms with Crippen molar-refractivity contribution in [2.45, 2.75) is 711 Å². The van der Waals surface area contributed by atoms with E-state index < -0.39 is 5.41 Å². The highest BCUT2D eigenvalue weighted by atomic mass is 16.4. The van der Waals surface area contributed by atoms with E-state index in [1.165, 1.54) is 616 Å². The fourth-order valence-corrected chi connectivity index (χ4v) is 23.6. The summed E-state index contributed by atoms with van der Waals surface area (Å²) in [6.45, 7) is 24.0. The van der Waals surface area contributed by atoms with Crippen LogP contribution in [0.15, 0.2) is 0 Å². The van der Waals surface area contributed by atoms with Gasteiger partial charge in [0, 0.05) is 0 Å². The molecule has 0 saturated heterocycles. The van der Waals surface area contributed by atoms with E-state index in [0.717, 1.165) is 25.7 Å². The lowest BCUT2D eigenvalue weighted by atomic mass is 9.34. The van der Waals surface area contributed by atoms with Gasteiger partial charge < -0.3 is 5.11 Å². The summed E-state index contributed by atoms with van der Waals surface area (Å²) in [5.74, 6) is 0.397. The number of unbranched alkanes of at least 4 members (excludes halogenated alkanes) is 80. The van der Waals surface area contributed by atoms with Gasteiger partial charge in [-0.05, 0) is 86.4 Å². The van der Waals surface area contributed by atoms with Gasteiger partial charge >= 0.3 is 5.97 Å². The first-order chi connectivity index (χ1) is 58.2. The largest absolute Gasteiger partial charge is 0.481 e. The number of rotatable bonds is 105. The molecule has 1 N–H and O–H groups in total. The van der Waals surface area contributed by atoms with E-state index in [1.54, 1.807) is 0 Å². The monoisotopic (exact) mass is 1660 g/mol. The topological polar surface area (TPSA) is 37.3 Å². The minimum absolute atomic E-state index is 0.0502. The van der Waals surface area contributed by atoms with Gasteiger partial charge in [-0.3, -0.25) is 4.79 Å². The maximum absolute atomic E-state index is 17.2. The number of carbonyl (C=O) groups is 1. The average Bonchev–Trinajstić information content (AvgIpc) is 0.686. The molecule has 0 spiro atoms. The lowest BCUT2D eigenvalue weighted by Crippen LogP contribution is -2.65. The second-order valence-corrected chi connectivity index (χ2v) is 41.3. The van der Waals surface area contributed by atoms with E-state index in [1.807, 2.05) is 0 Å². The predicted molar refractivity (Wildman–Crippen MR) is 539 cm³/mol. The van der Waals surface area contributed by atoms with Gasteiger partial charge in [-0.25, -0.2) is 0 Å². The van der Waals surface area contributed by atoms with E-state index in [4.69, 9.17) is 0 Å². The lowest BCUT2D eigenvalue weighted by Gasteiger charge is -2.69. The van der Waals surface area contributed by atoms with E-state index in [2.05, 4.69) is 69.2 Å². The summed E-state index contributed by atoms with van der Waals surface area (Å²) in [5.41, 5.74) is -0.956. The highest BCUT2D eigenvalue weighted by Gasteiger charge is 2.70. The number of hydrogen-bond acceptors (Lipinski definition) is 1. The van der Waals surface area contributed by atoms with Crippen LogP contribution in [0.3, 0.4) is 0 Å².